The molecule has 0 aromatic heterocycles. The average molecular weight is 334 g/mol. The molecule has 0 saturated carbocycles. The standard InChI is InChI=1S/C22H26N2O/c1-2-7-16(8-3-1)21-18-9-6-14-25-22(18)19-15-17(10-11-20(19)23-21)24-12-4-5-13-24/h1-3,7-8,10-11,15,18,21-23H,4-6,9,12-14H2. The predicted octanol–water partition coefficient (Wildman–Crippen LogP) is 4.92. The highest BCUT2D eigenvalue weighted by molar-refractivity contribution is 5.64. The zero-order chi connectivity index (χ0) is 16.6. The second-order valence-corrected chi connectivity index (χ2v) is 7.60. The number of hydrogen-bond donors (Lipinski definition) is 1. The summed E-state index contributed by atoms with van der Waals surface area (Å²) < 4.78 is 6.32. The summed E-state index contributed by atoms with van der Waals surface area (Å²) >= 11 is 0. The molecular weight excluding hydrogens is 308 g/mol. The molecule has 0 spiro atoms. The van der Waals surface area contributed by atoms with Crippen molar-refractivity contribution in [2.75, 3.05) is 29.9 Å². The quantitative estimate of drug-likeness (QED) is 0.843. The number of anilines is 2. The second-order valence-electron chi connectivity index (χ2n) is 7.60. The van der Waals surface area contributed by atoms with Crippen molar-refractivity contribution in [3.63, 3.8) is 0 Å². The maximum Gasteiger partial charge on any atom is 0.0896 e. The second kappa shape index (κ2) is 6.38. The highest BCUT2D eigenvalue weighted by Gasteiger charge is 2.40. The van der Waals surface area contributed by atoms with Gasteiger partial charge in [-0.15, -0.1) is 0 Å². The normalized spacial score (nSPS) is 28.2. The van der Waals surface area contributed by atoms with Crippen LogP contribution in [-0.2, 0) is 4.74 Å². The Bertz CT molecular complexity index is 739. The molecule has 3 aliphatic rings. The lowest BCUT2D eigenvalue weighted by atomic mass is 9.77. The number of nitrogens with one attached hydrogen (secondary N) is 1. The first-order valence-corrected chi connectivity index (χ1v) is 9.72. The molecule has 0 radical (unpaired) electrons. The molecule has 2 fully saturated rings. The molecule has 130 valence electrons. The van der Waals surface area contributed by atoms with Crippen LogP contribution >= 0.6 is 0 Å². The smallest absolute Gasteiger partial charge is 0.0896 e. The van der Waals surface area contributed by atoms with Crippen molar-refractivity contribution in [2.45, 2.75) is 37.8 Å². The monoisotopic (exact) mass is 334 g/mol. The number of fused-ring (bicyclic) bond motifs is 3. The molecule has 25 heavy (non-hydrogen) atoms. The van der Waals surface area contributed by atoms with Gasteiger partial charge in [-0.3, -0.25) is 0 Å². The van der Waals surface area contributed by atoms with Crippen LogP contribution in [0.1, 0.15) is 49.0 Å². The first kappa shape index (κ1) is 15.3. The fourth-order valence-corrected chi connectivity index (χ4v) is 4.82. The molecule has 0 bridgehead atoms. The SMILES string of the molecule is c1ccc(C2Nc3ccc(N4CCCC4)cc3C3OCCCC23)cc1. The summed E-state index contributed by atoms with van der Waals surface area (Å²) in [4.78, 5) is 2.52. The molecule has 0 aliphatic carbocycles. The molecule has 5 rings (SSSR count). The van der Waals surface area contributed by atoms with E-state index < -0.39 is 0 Å². The van der Waals surface area contributed by atoms with Crippen LogP contribution in [0.5, 0.6) is 0 Å². The van der Waals surface area contributed by atoms with Gasteiger partial charge in [0, 0.05) is 42.6 Å². The van der Waals surface area contributed by atoms with E-state index in [0.29, 0.717) is 12.0 Å². The zero-order valence-corrected chi connectivity index (χ0v) is 14.7. The highest BCUT2D eigenvalue weighted by Crippen LogP contribution is 2.49. The first-order valence-electron chi connectivity index (χ1n) is 9.72. The van der Waals surface area contributed by atoms with Gasteiger partial charge >= 0.3 is 0 Å². The van der Waals surface area contributed by atoms with Gasteiger partial charge in [0.15, 0.2) is 0 Å². The largest absolute Gasteiger partial charge is 0.378 e. The number of nitrogens with zero attached hydrogens (tertiary/aromatic N) is 1. The predicted molar refractivity (Wildman–Crippen MR) is 102 cm³/mol. The molecule has 3 aliphatic heterocycles. The Morgan fingerprint density at radius 2 is 1.80 bits per heavy atom. The molecule has 3 unspecified atom stereocenters. The van der Waals surface area contributed by atoms with E-state index in [1.807, 2.05) is 0 Å². The third-order valence-electron chi connectivity index (χ3n) is 6.08. The van der Waals surface area contributed by atoms with E-state index in [0.717, 1.165) is 13.0 Å². The van der Waals surface area contributed by atoms with E-state index in [1.165, 1.54) is 54.9 Å². The fraction of sp³-hybridized carbons (Fsp3) is 0.455. The Kier molecular flexibility index (Phi) is 3.90. The van der Waals surface area contributed by atoms with Gasteiger partial charge in [0.25, 0.3) is 0 Å². The van der Waals surface area contributed by atoms with Crippen LogP contribution < -0.4 is 10.2 Å². The summed E-state index contributed by atoms with van der Waals surface area (Å²) in [7, 11) is 0. The Hall–Kier alpha value is -2.00. The van der Waals surface area contributed by atoms with Gasteiger partial charge in [-0.25, -0.2) is 0 Å². The molecule has 2 aromatic carbocycles. The minimum Gasteiger partial charge on any atom is -0.378 e. The molecule has 3 heterocycles. The fourth-order valence-electron chi connectivity index (χ4n) is 4.82. The Balaban J connectivity index is 1.53. The molecular formula is C22H26N2O. The van der Waals surface area contributed by atoms with E-state index in [4.69, 9.17) is 4.74 Å². The van der Waals surface area contributed by atoms with Gasteiger partial charge in [-0.05, 0) is 49.4 Å². The number of ether oxygens (including phenoxy) is 1. The van der Waals surface area contributed by atoms with Gasteiger partial charge < -0.3 is 15.0 Å². The lowest BCUT2D eigenvalue weighted by Crippen LogP contribution is -2.36. The highest BCUT2D eigenvalue weighted by atomic mass is 16.5. The van der Waals surface area contributed by atoms with Crippen molar-refractivity contribution in [3.05, 3.63) is 59.7 Å². The number of hydrogen-bond acceptors (Lipinski definition) is 3. The summed E-state index contributed by atoms with van der Waals surface area (Å²) in [5, 5.41) is 3.83. The summed E-state index contributed by atoms with van der Waals surface area (Å²) in [6, 6.07) is 18.1. The maximum absolute atomic E-state index is 6.32. The van der Waals surface area contributed by atoms with Crippen LogP contribution in [-0.4, -0.2) is 19.7 Å². The van der Waals surface area contributed by atoms with Crippen LogP contribution in [0.4, 0.5) is 11.4 Å². The molecule has 2 saturated heterocycles. The summed E-state index contributed by atoms with van der Waals surface area (Å²) in [6.45, 7) is 3.26. The van der Waals surface area contributed by atoms with Crippen LogP contribution in [0.25, 0.3) is 0 Å². The Morgan fingerprint density at radius 3 is 2.64 bits per heavy atom. The Morgan fingerprint density at radius 1 is 0.960 bits per heavy atom. The average Bonchev–Trinajstić information content (AvgIpc) is 3.22. The summed E-state index contributed by atoms with van der Waals surface area (Å²) in [5.41, 5.74) is 5.35. The molecule has 1 N–H and O–H groups in total. The number of rotatable bonds is 2. The zero-order valence-electron chi connectivity index (χ0n) is 14.7. The maximum atomic E-state index is 6.32. The lowest BCUT2D eigenvalue weighted by molar-refractivity contribution is -0.0381. The Labute approximate surface area is 150 Å². The van der Waals surface area contributed by atoms with Crippen molar-refractivity contribution < 1.29 is 4.74 Å². The van der Waals surface area contributed by atoms with Crippen molar-refractivity contribution in [2.24, 2.45) is 5.92 Å². The lowest BCUT2D eigenvalue weighted by Gasteiger charge is -2.43. The van der Waals surface area contributed by atoms with Crippen LogP contribution in [0, 0.1) is 5.92 Å². The van der Waals surface area contributed by atoms with Crippen molar-refractivity contribution in [3.8, 4) is 0 Å². The van der Waals surface area contributed by atoms with Crippen LogP contribution in [0.3, 0.4) is 0 Å². The van der Waals surface area contributed by atoms with Crippen LogP contribution in [0.2, 0.25) is 0 Å². The summed E-state index contributed by atoms with van der Waals surface area (Å²) in [5.74, 6) is 0.512. The van der Waals surface area contributed by atoms with Crippen molar-refractivity contribution in [1.29, 1.82) is 0 Å². The molecule has 0 amide bonds. The van der Waals surface area contributed by atoms with Gasteiger partial charge in [0.05, 0.1) is 12.1 Å². The summed E-state index contributed by atoms with van der Waals surface area (Å²) in [6.07, 6.45) is 5.23. The third-order valence-corrected chi connectivity index (χ3v) is 6.08. The first-order chi connectivity index (χ1) is 12.4. The minimum atomic E-state index is 0.220. The van der Waals surface area contributed by atoms with Gasteiger partial charge in [-0.2, -0.15) is 0 Å². The van der Waals surface area contributed by atoms with E-state index in [-0.39, 0.29) is 6.10 Å². The van der Waals surface area contributed by atoms with E-state index in [2.05, 4.69) is 58.7 Å². The third kappa shape index (κ3) is 2.71. The van der Waals surface area contributed by atoms with E-state index in [1.54, 1.807) is 0 Å². The van der Waals surface area contributed by atoms with Crippen LogP contribution in [0.15, 0.2) is 48.5 Å². The van der Waals surface area contributed by atoms with Crippen molar-refractivity contribution in [1.82, 2.24) is 0 Å². The number of benzene rings is 2. The van der Waals surface area contributed by atoms with Gasteiger partial charge in [0.2, 0.25) is 0 Å². The molecule has 3 heteroatoms. The molecule has 2 aromatic rings. The topological polar surface area (TPSA) is 24.5 Å². The molecule has 3 atom stereocenters. The van der Waals surface area contributed by atoms with E-state index >= 15 is 0 Å². The molecule has 3 nitrogen and oxygen atoms in total. The van der Waals surface area contributed by atoms with E-state index in [9.17, 15) is 0 Å². The minimum absolute atomic E-state index is 0.220. The van der Waals surface area contributed by atoms with Gasteiger partial charge in [0.1, 0.15) is 0 Å². The van der Waals surface area contributed by atoms with Crippen molar-refractivity contribution >= 4 is 11.4 Å². The van der Waals surface area contributed by atoms with Gasteiger partial charge in [-0.1, -0.05) is 30.3 Å².